The number of rotatable bonds is 4. The van der Waals surface area contributed by atoms with E-state index in [0.29, 0.717) is 16.1 Å². The van der Waals surface area contributed by atoms with Crippen molar-refractivity contribution in [2.24, 2.45) is 0 Å². The molecule has 1 aliphatic carbocycles. The predicted molar refractivity (Wildman–Crippen MR) is 100 cm³/mol. The summed E-state index contributed by atoms with van der Waals surface area (Å²) in [5.41, 5.74) is 2.12. The molecule has 0 atom stereocenters. The molecule has 0 fully saturated rings. The third-order valence-corrected chi connectivity index (χ3v) is 5.56. The molecule has 7 heteroatoms. The number of carbonyl (C=O) groups is 2. The summed E-state index contributed by atoms with van der Waals surface area (Å²) in [4.78, 5) is 25.4. The quantitative estimate of drug-likeness (QED) is 0.646. The van der Waals surface area contributed by atoms with E-state index in [1.807, 2.05) is 6.07 Å². The smallest absolute Gasteiger partial charge is 0.338 e. The van der Waals surface area contributed by atoms with Crippen molar-refractivity contribution in [2.75, 3.05) is 11.9 Å². The number of ether oxygens (including phenoxy) is 1. The number of hydrogen-bond donors (Lipinski definition) is 1. The second-order valence-electron chi connectivity index (χ2n) is 6.20. The van der Waals surface area contributed by atoms with E-state index in [4.69, 9.17) is 10.00 Å². The Morgan fingerprint density at radius 3 is 2.74 bits per heavy atom. The summed E-state index contributed by atoms with van der Waals surface area (Å²) in [7, 11) is 0. The highest BCUT2D eigenvalue weighted by molar-refractivity contribution is 7.16. The molecule has 1 N–H and O–H groups in total. The van der Waals surface area contributed by atoms with Crippen LogP contribution in [0.2, 0.25) is 0 Å². The Kier molecular flexibility index (Phi) is 5.85. The Hall–Kier alpha value is -3.16. The number of nitriles is 2. The zero-order valence-electron chi connectivity index (χ0n) is 14.6. The van der Waals surface area contributed by atoms with Crippen LogP contribution in [0.1, 0.15) is 51.2 Å². The fraction of sp³-hybridized carbons (Fsp3) is 0.300. The van der Waals surface area contributed by atoms with Crippen LogP contribution in [0, 0.1) is 22.7 Å². The van der Waals surface area contributed by atoms with E-state index in [2.05, 4.69) is 11.4 Å². The monoisotopic (exact) mass is 379 g/mol. The molecular formula is C20H17N3O3S. The first kappa shape index (κ1) is 18.6. The van der Waals surface area contributed by atoms with E-state index in [1.165, 1.54) is 23.5 Å². The number of fused-ring (bicyclic) bond motifs is 1. The average Bonchev–Trinajstić information content (AvgIpc) is 2.85. The van der Waals surface area contributed by atoms with Gasteiger partial charge >= 0.3 is 5.97 Å². The molecule has 136 valence electrons. The van der Waals surface area contributed by atoms with Gasteiger partial charge in [-0.25, -0.2) is 4.79 Å². The molecule has 1 heterocycles. The molecule has 1 aliphatic rings. The van der Waals surface area contributed by atoms with Crippen molar-refractivity contribution >= 4 is 28.2 Å². The van der Waals surface area contributed by atoms with Crippen LogP contribution in [0.15, 0.2) is 24.3 Å². The van der Waals surface area contributed by atoms with Crippen LogP contribution < -0.4 is 5.32 Å². The normalized spacial score (nSPS) is 12.8. The Morgan fingerprint density at radius 1 is 1.15 bits per heavy atom. The molecule has 0 saturated carbocycles. The summed E-state index contributed by atoms with van der Waals surface area (Å²) < 4.78 is 5.02. The number of nitrogens with zero attached hydrogens (tertiary/aromatic N) is 2. The molecule has 3 rings (SSSR count). The number of anilines is 1. The van der Waals surface area contributed by atoms with Crippen LogP contribution in [-0.4, -0.2) is 18.5 Å². The van der Waals surface area contributed by atoms with E-state index < -0.39 is 18.5 Å². The maximum atomic E-state index is 12.2. The average molecular weight is 379 g/mol. The summed E-state index contributed by atoms with van der Waals surface area (Å²) in [5, 5.41) is 21.6. The van der Waals surface area contributed by atoms with Crippen molar-refractivity contribution in [1.82, 2.24) is 0 Å². The lowest BCUT2D eigenvalue weighted by Gasteiger charge is -2.06. The molecular weight excluding hydrogens is 362 g/mol. The molecule has 0 unspecified atom stereocenters. The fourth-order valence-corrected chi connectivity index (χ4v) is 4.30. The maximum absolute atomic E-state index is 12.2. The van der Waals surface area contributed by atoms with Crippen molar-refractivity contribution in [3.63, 3.8) is 0 Å². The first-order valence-electron chi connectivity index (χ1n) is 8.64. The number of nitrogens with one attached hydrogen (secondary N) is 1. The molecule has 0 bridgehead atoms. The molecule has 6 nitrogen and oxygen atoms in total. The summed E-state index contributed by atoms with van der Waals surface area (Å²) in [6.07, 6.45) is 5.07. The van der Waals surface area contributed by atoms with Gasteiger partial charge in [0.1, 0.15) is 11.1 Å². The van der Waals surface area contributed by atoms with Gasteiger partial charge in [-0.1, -0.05) is 12.5 Å². The van der Waals surface area contributed by atoms with Gasteiger partial charge in [0, 0.05) is 4.88 Å². The molecule has 1 amide bonds. The Labute approximate surface area is 161 Å². The van der Waals surface area contributed by atoms with Crippen LogP contribution in [0.25, 0.3) is 0 Å². The lowest BCUT2D eigenvalue weighted by Crippen LogP contribution is -2.21. The number of hydrogen-bond acceptors (Lipinski definition) is 6. The number of benzene rings is 1. The van der Waals surface area contributed by atoms with E-state index in [-0.39, 0.29) is 5.56 Å². The van der Waals surface area contributed by atoms with Crippen molar-refractivity contribution in [3.05, 3.63) is 51.4 Å². The zero-order chi connectivity index (χ0) is 19.2. The number of aryl methyl sites for hydroxylation is 1. The molecule has 27 heavy (non-hydrogen) atoms. The first-order valence-corrected chi connectivity index (χ1v) is 9.46. The standard InChI is InChI=1S/C20H17N3O3S/c21-10-13-5-4-6-14(9-13)20(25)26-12-18(24)23-19-16(11-22)15-7-2-1-3-8-17(15)27-19/h4-6,9H,1-3,7-8,12H2,(H,23,24). The molecule has 0 radical (unpaired) electrons. The summed E-state index contributed by atoms with van der Waals surface area (Å²) >= 11 is 1.43. The van der Waals surface area contributed by atoms with Crippen molar-refractivity contribution in [1.29, 1.82) is 10.5 Å². The predicted octanol–water partition coefficient (Wildman–Crippen LogP) is 3.56. The molecule has 0 saturated heterocycles. The van der Waals surface area contributed by atoms with Gasteiger partial charge in [0.15, 0.2) is 6.61 Å². The van der Waals surface area contributed by atoms with Gasteiger partial charge in [-0.3, -0.25) is 4.79 Å². The highest BCUT2D eigenvalue weighted by Crippen LogP contribution is 2.36. The lowest BCUT2D eigenvalue weighted by atomic mass is 10.1. The summed E-state index contributed by atoms with van der Waals surface area (Å²) in [6, 6.07) is 10.2. The number of amides is 1. The van der Waals surface area contributed by atoms with Gasteiger partial charge < -0.3 is 10.1 Å². The highest BCUT2D eigenvalue weighted by Gasteiger charge is 2.21. The molecule has 1 aromatic heterocycles. The van der Waals surface area contributed by atoms with Gasteiger partial charge in [-0.2, -0.15) is 10.5 Å². The molecule has 0 spiro atoms. The van der Waals surface area contributed by atoms with Gasteiger partial charge in [0.2, 0.25) is 0 Å². The van der Waals surface area contributed by atoms with E-state index in [0.717, 1.165) is 42.5 Å². The minimum atomic E-state index is -0.676. The lowest BCUT2D eigenvalue weighted by molar-refractivity contribution is -0.119. The third-order valence-electron chi connectivity index (χ3n) is 4.35. The van der Waals surface area contributed by atoms with Crippen LogP contribution in [0.4, 0.5) is 5.00 Å². The molecule has 1 aromatic carbocycles. The van der Waals surface area contributed by atoms with Gasteiger partial charge in [0.25, 0.3) is 5.91 Å². The maximum Gasteiger partial charge on any atom is 0.338 e. The molecule has 0 aliphatic heterocycles. The van der Waals surface area contributed by atoms with Crippen LogP contribution >= 0.6 is 11.3 Å². The zero-order valence-corrected chi connectivity index (χ0v) is 15.4. The Morgan fingerprint density at radius 2 is 1.96 bits per heavy atom. The molecule has 2 aromatic rings. The second kappa shape index (κ2) is 8.48. The highest BCUT2D eigenvalue weighted by atomic mass is 32.1. The minimum Gasteiger partial charge on any atom is -0.452 e. The largest absolute Gasteiger partial charge is 0.452 e. The Bertz CT molecular complexity index is 966. The summed E-state index contributed by atoms with van der Waals surface area (Å²) in [5.74, 6) is -1.17. The van der Waals surface area contributed by atoms with E-state index >= 15 is 0 Å². The van der Waals surface area contributed by atoms with Crippen molar-refractivity contribution < 1.29 is 14.3 Å². The van der Waals surface area contributed by atoms with Crippen molar-refractivity contribution in [3.8, 4) is 12.1 Å². The van der Waals surface area contributed by atoms with Crippen LogP contribution in [-0.2, 0) is 22.4 Å². The first-order chi connectivity index (χ1) is 13.1. The van der Waals surface area contributed by atoms with Gasteiger partial charge in [-0.05, 0) is 49.4 Å². The number of carbonyl (C=O) groups excluding carboxylic acids is 2. The van der Waals surface area contributed by atoms with E-state index in [9.17, 15) is 14.9 Å². The van der Waals surface area contributed by atoms with Gasteiger partial charge in [0.05, 0.1) is 22.8 Å². The third kappa shape index (κ3) is 4.33. The summed E-state index contributed by atoms with van der Waals surface area (Å²) in [6.45, 7) is -0.455. The van der Waals surface area contributed by atoms with Crippen molar-refractivity contribution in [2.45, 2.75) is 32.1 Å². The second-order valence-corrected chi connectivity index (χ2v) is 7.30. The SMILES string of the molecule is N#Cc1cccc(C(=O)OCC(=O)Nc2sc3c(c2C#N)CCCCC3)c1. The fourth-order valence-electron chi connectivity index (χ4n) is 3.04. The van der Waals surface area contributed by atoms with Crippen LogP contribution in [0.3, 0.4) is 0 Å². The number of esters is 1. The topological polar surface area (TPSA) is 103 Å². The Balaban J connectivity index is 1.64. The van der Waals surface area contributed by atoms with Gasteiger partial charge in [-0.15, -0.1) is 11.3 Å². The minimum absolute atomic E-state index is 0.211. The van der Waals surface area contributed by atoms with E-state index in [1.54, 1.807) is 12.1 Å². The number of thiophene rings is 1. The van der Waals surface area contributed by atoms with Crippen LogP contribution in [0.5, 0.6) is 0 Å².